The Bertz CT molecular complexity index is 1180. The fraction of sp³-hybridized carbons (Fsp3) is 0.130. The van der Waals surface area contributed by atoms with Crippen LogP contribution in [0.2, 0.25) is 0 Å². The van der Waals surface area contributed by atoms with E-state index in [4.69, 9.17) is 9.15 Å². The van der Waals surface area contributed by atoms with Crippen LogP contribution in [0.3, 0.4) is 0 Å². The minimum atomic E-state index is -0.245. The Morgan fingerprint density at radius 1 is 1.03 bits per heavy atom. The molecule has 0 saturated carbocycles. The molecule has 0 spiro atoms. The quantitative estimate of drug-likeness (QED) is 0.411. The third-order valence-electron chi connectivity index (χ3n) is 4.61. The molecule has 146 valence electrons. The highest BCUT2D eigenvalue weighted by Gasteiger charge is 2.11. The number of aromatic nitrogens is 1. The van der Waals surface area contributed by atoms with Crippen LogP contribution < -0.4 is 10.1 Å². The molecule has 0 aliphatic heterocycles. The van der Waals surface area contributed by atoms with E-state index < -0.39 is 0 Å². The molecule has 6 heteroatoms. The third-order valence-corrected chi connectivity index (χ3v) is 5.14. The molecule has 1 N–H and O–H groups in total. The molecule has 0 saturated heterocycles. The second-order valence-electron chi connectivity index (χ2n) is 6.79. The van der Waals surface area contributed by atoms with Crippen LogP contribution in [0.5, 0.6) is 5.75 Å². The zero-order valence-electron chi connectivity index (χ0n) is 16.0. The van der Waals surface area contributed by atoms with Gasteiger partial charge >= 0.3 is 0 Å². The normalized spacial score (nSPS) is 10.9. The van der Waals surface area contributed by atoms with Crippen molar-refractivity contribution in [3.63, 3.8) is 0 Å². The van der Waals surface area contributed by atoms with Crippen LogP contribution in [-0.2, 0) is 4.79 Å². The van der Waals surface area contributed by atoms with E-state index >= 15 is 0 Å². The van der Waals surface area contributed by atoms with Crippen LogP contribution in [0.1, 0.15) is 11.1 Å². The summed E-state index contributed by atoms with van der Waals surface area (Å²) < 4.78 is 12.3. The smallest absolute Gasteiger partial charge is 0.262 e. The molecule has 29 heavy (non-hydrogen) atoms. The van der Waals surface area contributed by atoms with Gasteiger partial charge in [0.15, 0.2) is 12.2 Å². The second kappa shape index (κ2) is 8.09. The van der Waals surface area contributed by atoms with Gasteiger partial charge in [-0.3, -0.25) is 4.79 Å². The number of carbonyl (C=O) groups is 1. The van der Waals surface area contributed by atoms with Crippen LogP contribution in [0, 0.1) is 13.8 Å². The Kier molecular flexibility index (Phi) is 5.36. The number of aryl methyl sites for hydroxylation is 2. The Balaban J connectivity index is 1.46. The Morgan fingerprint density at radius 3 is 2.59 bits per heavy atom. The Morgan fingerprint density at radius 2 is 1.83 bits per heavy atom. The van der Waals surface area contributed by atoms with Crippen molar-refractivity contribution >= 4 is 38.6 Å². The minimum absolute atomic E-state index is 0.0770. The standard InChI is InChI=1S/C23H19BrN2O3/c1-14-3-4-16(11-15(14)2)23-26-20-12-18(7-10-21(20)29-23)25-22(27)13-28-19-8-5-17(24)6-9-19/h3-12H,13H2,1-2H3,(H,25,27). The molecule has 1 heterocycles. The van der Waals surface area contributed by atoms with Gasteiger partial charge in [0.1, 0.15) is 11.3 Å². The molecule has 0 bridgehead atoms. The molecule has 3 aromatic carbocycles. The lowest BCUT2D eigenvalue weighted by molar-refractivity contribution is -0.118. The van der Waals surface area contributed by atoms with Crippen molar-refractivity contribution in [1.29, 1.82) is 0 Å². The van der Waals surface area contributed by atoms with E-state index in [1.165, 1.54) is 11.1 Å². The zero-order valence-corrected chi connectivity index (χ0v) is 17.6. The van der Waals surface area contributed by atoms with E-state index in [1.54, 1.807) is 30.3 Å². The Hall–Kier alpha value is -3.12. The lowest BCUT2D eigenvalue weighted by Gasteiger charge is -2.07. The number of fused-ring (bicyclic) bond motifs is 1. The Labute approximate surface area is 176 Å². The van der Waals surface area contributed by atoms with Crippen molar-refractivity contribution in [3.05, 3.63) is 76.3 Å². The number of hydrogen-bond donors (Lipinski definition) is 1. The van der Waals surface area contributed by atoms with Gasteiger partial charge in [-0.15, -0.1) is 0 Å². The third kappa shape index (κ3) is 4.49. The molecule has 5 nitrogen and oxygen atoms in total. The number of amides is 1. The molecular formula is C23H19BrN2O3. The number of ether oxygens (including phenoxy) is 1. The fourth-order valence-electron chi connectivity index (χ4n) is 2.88. The number of anilines is 1. The number of hydrogen-bond acceptors (Lipinski definition) is 4. The average molecular weight is 451 g/mol. The van der Waals surface area contributed by atoms with Crippen molar-refractivity contribution in [2.45, 2.75) is 13.8 Å². The van der Waals surface area contributed by atoms with Crippen LogP contribution in [0.25, 0.3) is 22.6 Å². The molecule has 0 unspecified atom stereocenters. The highest BCUT2D eigenvalue weighted by Crippen LogP contribution is 2.27. The monoisotopic (exact) mass is 450 g/mol. The maximum atomic E-state index is 12.2. The van der Waals surface area contributed by atoms with E-state index in [0.29, 0.717) is 28.4 Å². The number of carbonyl (C=O) groups excluding carboxylic acids is 1. The van der Waals surface area contributed by atoms with Gasteiger partial charge in [-0.2, -0.15) is 0 Å². The van der Waals surface area contributed by atoms with Crippen LogP contribution in [0.15, 0.2) is 69.6 Å². The van der Waals surface area contributed by atoms with E-state index in [2.05, 4.69) is 52.2 Å². The number of nitrogens with one attached hydrogen (secondary N) is 1. The van der Waals surface area contributed by atoms with Gasteiger partial charge in [-0.25, -0.2) is 4.98 Å². The lowest BCUT2D eigenvalue weighted by Crippen LogP contribution is -2.20. The summed E-state index contributed by atoms with van der Waals surface area (Å²) in [7, 11) is 0. The highest BCUT2D eigenvalue weighted by atomic mass is 79.9. The molecule has 1 amide bonds. The number of oxazole rings is 1. The molecule has 1 aromatic heterocycles. The first kappa shape index (κ1) is 19.2. The van der Waals surface area contributed by atoms with Crippen molar-refractivity contribution in [1.82, 2.24) is 4.98 Å². The molecule has 4 aromatic rings. The number of nitrogens with zero attached hydrogens (tertiary/aromatic N) is 1. The van der Waals surface area contributed by atoms with Crippen molar-refractivity contribution < 1.29 is 13.9 Å². The first-order valence-corrected chi connectivity index (χ1v) is 9.94. The second-order valence-corrected chi connectivity index (χ2v) is 7.71. The van der Waals surface area contributed by atoms with Crippen molar-refractivity contribution in [2.24, 2.45) is 0 Å². The lowest BCUT2D eigenvalue weighted by atomic mass is 10.1. The van der Waals surface area contributed by atoms with Crippen LogP contribution in [0.4, 0.5) is 5.69 Å². The summed E-state index contributed by atoms with van der Waals surface area (Å²) >= 11 is 3.36. The van der Waals surface area contributed by atoms with Gasteiger partial charge in [0, 0.05) is 15.7 Å². The van der Waals surface area contributed by atoms with Gasteiger partial charge in [-0.05, 0) is 79.6 Å². The van der Waals surface area contributed by atoms with Gasteiger partial charge in [0.05, 0.1) is 0 Å². The van der Waals surface area contributed by atoms with E-state index in [0.717, 1.165) is 10.0 Å². The van der Waals surface area contributed by atoms with E-state index in [-0.39, 0.29) is 12.5 Å². The molecule has 0 radical (unpaired) electrons. The zero-order chi connectivity index (χ0) is 20.4. The predicted octanol–water partition coefficient (Wildman–Crippen LogP) is 5.89. The van der Waals surface area contributed by atoms with Gasteiger partial charge in [0.2, 0.25) is 5.89 Å². The topological polar surface area (TPSA) is 64.4 Å². The summed E-state index contributed by atoms with van der Waals surface area (Å²) in [5.74, 6) is 0.948. The highest BCUT2D eigenvalue weighted by molar-refractivity contribution is 9.10. The fourth-order valence-corrected chi connectivity index (χ4v) is 3.14. The number of benzene rings is 3. The largest absolute Gasteiger partial charge is 0.484 e. The molecule has 0 atom stereocenters. The summed E-state index contributed by atoms with van der Waals surface area (Å²) in [5.41, 5.74) is 5.33. The van der Waals surface area contributed by atoms with E-state index in [1.807, 2.05) is 18.2 Å². The SMILES string of the molecule is Cc1ccc(-c2nc3cc(NC(=O)COc4ccc(Br)cc4)ccc3o2)cc1C. The molecular weight excluding hydrogens is 432 g/mol. The van der Waals surface area contributed by atoms with Crippen molar-refractivity contribution in [3.8, 4) is 17.2 Å². The van der Waals surface area contributed by atoms with E-state index in [9.17, 15) is 4.79 Å². The van der Waals surface area contributed by atoms with Crippen LogP contribution in [-0.4, -0.2) is 17.5 Å². The molecule has 0 aliphatic carbocycles. The first-order chi connectivity index (χ1) is 14.0. The maximum absolute atomic E-state index is 12.2. The van der Waals surface area contributed by atoms with Gasteiger partial charge < -0.3 is 14.5 Å². The molecule has 0 fully saturated rings. The first-order valence-electron chi connectivity index (χ1n) is 9.14. The summed E-state index contributed by atoms with van der Waals surface area (Å²) in [6, 6.07) is 18.8. The summed E-state index contributed by atoms with van der Waals surface area (Å²) in [6.45, 7) is 4.05. The van der Waals surface area contributed by atoms with Crippen molar-refractivity contribution in [2.75, 3.05) is 11.9 Å². The predicted molar refractivity (Wildman–Crippen MR) is 117 cm³/mol. The summed E-state index contributed by atoms with van der Waals surface area (Å²) in [6.07, 6.45) is 0. The summed E-state index contributed by atoms with van der Waals surface area (Å²) in [4.78, 5) is 16.8. The van der Waals surface area contributed by atoms with Gasteiger partial charge in [0.25, 0.3) is 5.91 Å². The number of halogens is 1. The summed E-state index contributed by atoms with van der Waals surface area (Å²) in [5, 5.41) is 2.83. The van der Waals surface area contributed by atoms with Crippen LogP contribution >= 0.6 is 15.9 Å². The molecule has 4 rings (SSSR count). The molecule has 0 aliphatic rings. The number of rotatable bonds is 5. The average Bonchev–Trinajstić information content (AvgIpc) is 3.13. The minimum Gasteiger partial charge on any atom is -0.484 e. The van der Waals surface area contributed by atoms with Gasteiger partial charge in [-0.1, -0.05) is 22.0 Å². The maximum Gasteiger partial charge on any atom is 0.262 e.